The van der Waals surface area contributed by atoms with Gasteiger partial charge in [0.15, 0.2) is 0 Å². The van der Waals surface area contributed by atoms with Gasteiger partial charge < -0.3 is 4.52 Å². The molecule has 1 rings (SSSR count). The summed E-state index contributed by atoms with van der Waals surface area (Å²) in [5, 5.41) is 3.17. The maximum absolute atomic E-state index is 13.3. The van der Waals surface area contributed by atoms with Gasteiger partial charge in [-0.15, -0.1) is 0 Å². The van der Waals surface area contributed by atoms with Gasteiger partial charge in [-0.2, -0.15) is 13.8 Å². The molecule has 0 aliphatic rings. The highest BCUT2D eigenvalue weighted by molar-refractivity contribution is 4.90. The minimum absolute atomic E-state index is 0.198. The molecule has 1 heterocycles. The average Bonchev–Trinajstić information content (AvgIpc) is 2.70. The molecule has 0 bridgehead atoms. The van der Waals surface area contributed by atoms with E-state index in [1.807, 2.05) is 0 Å². The number of hydrogen-bond donors (Lipinski definition) is 0. The highest BCUT2D eigenvalue weighted by atomic mass is 19.3. The van der Waals surface area contributed by atoms with E-state index in [0.717, 1.165) is 32.1 Å². The molecular formula is C10H16F2N2O. The number of rotatable bonds is 7. The zero-order chi connectivity index (χ0) is 11.1. The van der Waals surface area contributed by atoms with Gasteiger partial charge in [0.1, 0.15) is 0 Å². The number of aromatic nitrogens is 2. The Hall–Kier alpha value is -1.00. The molecule has 1 aromatic rings. The molecule has 15 heavy (non-hydrogen) atoms. The first-order valence-electron chi connectivity index (χ1n) is 5.31. The van der Waals surface area contributed by atoms with E-state index >= 15 is 0 Å². The second kappa shape index (κ2) is 5.78. The molecule has 3 nitrogen and oxygen atoms in total. The van der Waals surface area contributed by atoms with E-state index in [1.54, 1.807) is 0 Å². The first-order chi connectivity index (χ1) is 7.17. The summed E-state index contributed by atoms with van der Waals surface area (Å²) in [6, 6.07) is 0. The Labute approximate surface area is 87.9 Å². The van der Waals surface area contributed by atoms with Crippen LogP contribution in [0.4, 0.5) is 8.78 Å². The van der Waals surface area contributed by atoms with E-state index < -0.39 is 11.7 Å². The van der Waals surface area contributed by atoms with Gasteiger partial charge in [-0.25, -0.2) is 0 Å². The van der Waals surface area contributed by atoms with E-state index in [-0.39, 0.29) is 6.42 Å². The third-order valence-electron chi connectivity index (χ3n) is 2.28. The van der Waals surface area contributed by atoms with Crippen LogP contribution in [-0.2, 0) is 5.92 Å². The number of nitrogens with zero attached hydrogens (tertiary/aromatic N) is 2. The Kier molecular flexibility index (Phi) is 4.65. The quantitative estimate of drug-likeness (QED) is 0.657. The lowest BCUT2D eigenvalue weighted by Gasteiger charge is -2.11. The van der Waals surface area contributed by atoms with E-state index in [1.165, 1.54) is 0 Å². The summed E-state index contributed by atoms with van der Waals surface area (Å²) in [6.45, 7) is 2.09. The zero-order valence-electron chi connectivity index (χ0n) is 8.88. The van der Waals surface area contributed by atoms with Crippen LogP contribution in [-0.4, -0.2) is 10.1 Å². The van der Waals surface area contributed by atoms with Gasteiger partial charge in [-0.3, -0.25) is 0 Å². The second-order valence-electron chi connectivity index (χ2n) is 3.62. The molecule has 0 unspecified atom stereocenters. The van der Waals surface area contributed by atoms with Gasteiger partial charge in [-0.05, 0) is 6.42 Å². The fourth-order valence-electron chi connectivity index (χ4n) is 1.39. The third kappa shape index (κ3) is 3.93. The fraction of sp³-hybridized carbons (Fsp3) is 0.800. The number of hydrogen-bond acceptors (Lipinski definition) is 3. The zero-order valence-corrected chi connectivity index (χ0v) is 8.88. The summed E-state index contributed by atoms with van der Waals surface area (Å²) in [7, 11) is 0. The van der Waals surface area contributed by atoms with E-state index in [4.69, 9.17) is 0 Å². The van der Waals surface area contributed by atoms with Gasteiger partial charge in [0.25, 0.3) is 0 Å². The van der Waals surface area contributed by atoms with Crippen LogP contribution in [0, 0.1) is 0 Å². The van der Waals surface area contributed by atoms with Gasteiger partial charge in [0, 0.05) is 6.42 Å². The van der Waals surface area contributed by atoms with Gasteiger partial charge in [0.05, 0.1) is 0 Å². The lowest BCUT2D eigenvalue weighted by atomic mass is 10.1. The highest BCUT2D eigenvalue weighted by Gasteiger charge is 2.35. The molecule has 0 atom stereocenters. The van der Waals surface area contributed by atoms with Crippen molar-refractivity contribution in [2.24, 2.45) is 0 Å². The molecule has 0 saturated heterocycles. The van der Waals surface area contributed by atoms with Gasteiger partial charge in [-0.1, -0.05) is 37.8 Å². The van der Waals surface area contributed by atoms with Crippen LogP contribution in [0.15, 0.2) is 10.9 Å². The molecule has 0 spiro atoms. The minimum atomic E-state index is -2.95. The third-order valence-corrected chi connectivity index (χ3v) is 2.28. The van der Waals surface area contributed by atoms with Crippen LogP contribution < -0.4 is 0 Å². The molecule has 0 aliphatic heterocycles. The monoisotopic (exact) mass is 218 g/mol. The van der Waals surface area contributed by atoms with Crippen molar-refractivity contribution in [1.82, 2.24) is 10.1 Å². The summed E-state index contributed by atoms with van der Waals surface area (Å²) in [5.41, 5.74) is 0. The van der Waals surface area contributed by atoms with Gasteiger partial charge >= 0.3 is 5.92 Å². The first kappa shape index (κ1) is 12.1. The second-order valence-corrected chi connectivity index (χ2v) is 3.62. The first-order valence-corrected chi connectivity index (χ1v) is 5.31. The molecule has 5 heteroatoms. The van der Waals surface area contributed by atoms with Crippen molar-refractivity contribution in [3.05, 3.63) is 12.2 Å². The van der Waals surface area contributed by atoms with Crippen LogP contribution in [0.2, 0.25) is 0 Å². The van der Waals surface area contributed by atoms with E-state index in [2.05, 4.69) is 21.6 Å². The molecule has 0 aromatic carbocycles. The number of halogens is 2. The van der Waals surface area contributed by atoms with Crippen molar-refractivity contribution in [3.8, 4) is 0 Å². The largest absolute Gasteiger partial charge is 0.343 e. The smallest absolute Gasteiger partial charge is 0.310 e. The summed E-state index contributed by atoms with van der Waals surface area (Å²) in [5.74, 6) is -3.45. The molecule has 0 N–H and O–H groups in total. The number of alkyl halides is 2. The molecule has 1 aromatic heterocycles. The number of unbranched alkanes of at least 4 members (excludes halogenated alkanes) is 4. The Morgan fingerprint density at radius 2 is 2.00 bits per heavy atom. The van der Waals surface area contributed by atoms with Crippen LogP contribution in [0.3, 0.4) is 0 Å². The Morgan fingerprint density at radius 3 is 2.60 bits per heavy atom. The van der Waals surface area contributed by atoms with Crippen LogP contribution in [0.5, 0.6) is 0 Å². The lowest BCUT2D eigenvalue weighted by molar-refractivity contribution is -0.0266. The topological polar surface area (TPSA) is 38.9 Å². The summed E-state index contributed by atoms with van der Waals surface area (Å²) >= 11 is 0. The Bertz CT molecular complexity index is 262. The van der Waals surface area contributed by atoms with Crippen LogP contribution in [0.25, 0.3) is 0 Å². The lowest BCUT2D eigenvalue weighted by Crippen LogP contribution is -2.15. The molecule has 0 amide bonds. The highest BCUT2D eigenvalue weighted by Crippen LogP contribution is 2.30. The van der Waals surface area contributed by atoms with E-state index in [9.17, 15) is 8.78 Å². The van der Waals surface area contributed by atoms with Crippen molar-refractivity contribution < 1.29 is 13.3 Å². The normalized spacial score (nSPS) is 11.9. The van der Waals surface area contributed by atoms with Crippen molar-refractivity contribution in [1.29, 1.82) is 0 Å². The predicted molar refractivity (Wildman–Crippen MR) is 51.6 cm³/mol. The van der Waals surface area contributed by atoms with Crippen molar-refractivity contribution in [2.45, 2.75) is 51.4 Å². The Morgan fingerprint density at radius 1 is 1.27 bits per heavy atom. The van der Waals surface area contributed by atoms with Crippen molar-refractivity contribution >= 4 is 0 Å². The SMILES string of the molecule is CCCCCCCC(F)(F)c1ncon1. The summed E-state index contributed by atoms with van der Waals surface area (Å²) in [4.78, 5) is 3.38. The Balaban J connectivity index is 2.25. The maximum Gasteiger partial charge on any atom is 0.310 e. The maximum atomic E-state index is 13.3. The molecule has 86 valence electrons. The molecule has 0 radical (unpaired) electrons. The fourth-order valence-corrected chi connectivity index (χ4v) is 1.39. The molecule has 0 aliphatic carbocycles. The van der Waals surface area contributed by atoms with Crippen LogP contribution >= 0.6 is 0 Å². The van der Waals surface area contributed by atoms with E-state index in [0.29, 0.717) is 6.42 Å². The van der Waals surface area contributed by atoms with Crippen molar-refractivity contribution in [2.75, 3.05) is 0 Å². The standard InChI is InChI=1S/C10H16F2N2O/c1-2-3-4-5-6-7-10(11,12)9-13-8-15-14-9/h8H,2-7H2,1H3. The predicted octanol–water partition coefficient (Wildman–Crippen LogP) is 3.52. The average molecular weight is 218 g/mol. The summed E-state index contributed by atoms with van der Waals surface area (Å²) < 4.78 is 30.9. The van der Waals surface area contributed by atoms with Gasteiger partial charge in [0.2, 0.25) is 12.2 Å². The van der Waals surface area contributed by atoms with Crippen LogP contribution in [0.1, 0.15) is 51.3 Å². The molecular weight excluding hydrogens is 202 g/mol. The van der Waals surface area contributed by atoms with Crippen molar-refractivity contribution in [3.63, 3.8) is 0 Å². The molecule has 0 fully saturated rings. The minimum Gasteiger partial charge on any atom is -0.343 e. The summed E-state index contributed by atoms with van der Waals surface area (Å²) in [6.07, 6.45) is 5.30. The molecule has 0 saturated carbocycles.